The van der Waals surface area contributed by atoms with E-state index in [0.717, 1.165) is 5.69 Å². The molecule has 1 aromatic carbocycles. The summed E-state index contributed by atoms with van der Waals surface area (Å²) in [7, 11) is 0. The first-order valence-electron chi connectivity index (χ1n) is 6.73. The molecule has 4 heteroatoms. The molecule has 0 aromatic heterocycles. The third-order valence-electron chi connectivity index (χ3n) is 3.30. The zero-order chi connectivity index (χ0) is 13.1. The van der Waals surface area contributed by atoms with Gasteiger partial charge in [0.25, 0.3) is 0 Å². The average molecular weight is 283 g/mol. The standard InChI is InChI=1S/C15H22N2O.ClH/c1-10(2)12-4-6-14(7-5-12)17-15(18)11(3)16-13-8-9-13;/h4-7,10-11,13,16H,8-9H2,1-3H3,(H,17,18);1H. The van der Waals surface area contributed by atoms with Crippen LogP contribution in [0.4, 0.5) is 5.69 Å². The summed E-state index contributed by atoms with van der Waals surface area (Å²) in [4.78, 5) is 11.9. The number of benzene rings is 1. The molecule has 0 aliphatic heterocycles. The fraction of sp³-hybridized carbons (Fsp3) is 0.533. The number of nitrogens with one attached hydrogen (secondary N) is 2. The molecule has 1 unspecified atom stereocenters. The molecule has 1 atom stereocenters. The number of hydrogen-bond acceptors (Lipinski definition) is 2. The molecule has 0 spiro atoms. The number of halogens is 1. The average Bonchev–Trinajstić information content (AvgIpc) is 3.13. The van der Waals surface area contributed by atoms with Gasteiger partial charge < -0.3 is 10.6 Å². The topological polar surface area (TPSA) is 41.1 Å². The summed E-state index contributed by atoms with van der Waals surface area (Å²) in [5, 5.41) is 6.23. The van der Waals surface area contributed by atoms with Gasteiger partial charge in [0.05, 0.1) is 6.04 Å². The zero-order valence-corrected chi connectivity index (χ0v) is 12.6. The lowest BCUT2D eigenvalue weighted by Crippen LogP contribution is -2.39. The maximum Gasteiger partial charge on any atom is 0.241 e. The summed E-state index contributed by atoms with van der Waals surface area (Å²) in [5.41, 5.74) is 2.16. The van der Waals surface area contributed by atoms with Gasteiger partial charge in [-0.15, -0.1) is 12.4 Å². The van der Waals surface area contributed by atoms with Gasteiger partial charge in [0, 0.05) is 11.7 Å². The van der Waals surface area contributed by atoms with E-state index in [0.29, 0.717) is 12.0 Å². The van der Waals surface area contributed by atoms with Crippen LogP contribution in [-0.4, -0.2) is 18.0 Å². The largest absolute Gasteiger partial charge is 0.325 e. The maximum atomic E-state index is 11.9. The molecular weight excluding hydrogens is 260 g/mol. The van der Waals surface area contributed by atoms with Crippen molar-refractivity contribution < 1.29 is 4.79 Å². The molecule has 0 saturated heterocycles. The Hall–Kier alpha value is -1.06. The summed E-state index contributed by atoms with van der Waals surface area (Å²) in [6.07, 6.45) is 2.39. The lowest BCUT2D eigenvalue weighted by atomic mass is 10.0. The third-order valence-corrected chi connectivity index (χ3v) is 3.30. The van der Waals surface area contributed by atoms with Crippen LogP contribution >= 0.6 is 12.4 Å². The first kappa shape index (κ1) is 16.0. The van der Waals surface area contributed by atoms with Gasteiger partial charge in [-0.2, -0.15) is 0 Å². The highest BCUT2D eigenvalue weighted by Crippen LogP contribution is 2.20. The van der Waals surface area contributed by atoms with Gasteiger partial charge in [0.2, 0.25) is 5.91 Å². The number of amides is 1. The molecule has 0 bridgehead atoms. The van der Waals surface area contributed by atoms with Crippen LogP contribution in [0.3, 0.4) is 0 Å². The number of rotatable bonds is 5. The van der Waals surface area contributed by atoms with Crippen LogP contribution in [0.5, 0.6) is 0 Å². The van der Waals surface area contributed by atoms with E-state index in [1.807, 2.05) is 19.1 Å². The molecule has 1 amide bonds. The lowest BCUT2D eigenvalue weighted by Gasteiger charge is -2.14. The van der Waals surface area contributed by atoms with Crippen molar-refractivity contribution in [2.75, 3.05) is 5.32 Å². The molecule has 1 aliphatic rings. The molecule has 2 N–H and O–H groups in total. The van der Waals surface area contributed by atoms with Crippen LogP contribution in [0, 0.1) is 0 Å². The van der Waals surface area contributed by atoms with Crippen molar-refractivity contribution in [3.8, 4) is 0 Å². The minimum atomic E-state index is -0.123. The summed E-state index contributed by atoms with van der Waals surface area (Å²) in [6.45, 7) is 6.24. The SMILES string of the molecule is CC(NC1CC1)C(=O)Nc1ccc(C(C)C)cc1.Cl. The Morgan fingerprint density at radius 2 is 1.74 bits per heavy atom. The van der Waals surface area contributed by atoms with Gasteiger partial charge in [-0.25, -0.2) is 0 Å². The van der Waals surface area contributed by atoms with E-state index in [9.17, 15) is 4.79 Å². The minimum absolute atomic E-state index is 0. The van der Waals surface area contributed by atoms with Crippen LogP contribution in [0.2, 0.25) is 0 Å². The van der Waals surface area contributed by atoms with Gasteiger partial charge in [0.1, 0.15) is 0 Å². The van der Waals surface area contributed by atoms with Crippen molar-refractivity contribution in [1.82, 2.24) is 5.32 Å². The second-order valence-corrected chi connectivity index (χ2v) is 5.43. The molecule has 1 aromatic rings. The van der Waals surface area contributed by atoms with Crippen LogP contribution in [-0.2, 0) is 4.79 Å². The number of carbonyl (C=O) groups is 1. The number of hydrogen-bond donors (Lipinski definition) is 2. The number of anilines is 1. The summed E-state index contributed by atoms with van der Waals surface area (Å²) in [5.74, 6) is 0.560. The summed E-state index contributed by atoms with van der Waals surface area (Å²) < 4.78 is 0. The smallest absolute Gasteiger partial charge is 0.241 e. The number of carbonyl (C=O) groups excluding carboxylic acids is 1. The highest BCUT2D eigenvalue weighted by Gasteiger charge is 2.25. The highest BCUT2D eigenvalue weighted by molar-refractivity contribution is 5.94. The van der Waals surface area contributed by atoms with Crippen molar-refractivity contribution in [3.05, 3.63) is 29.8 Å². The molecule has 1 saturated carbocycles. The van der Waals surface area contributed by atoms with Gasteiger partial charge in [0.15, 0.2) is 0 Å². The molecule has 0 heterocycles. The summed E-state index contributed by atoms with van der Waals surface area (Å²) in [6, 6.07) is 8.50. The van der Waals surface area contributed by atoms with Gasteiger partial charge in [-0.05, 0) is 43.4 Å². The Morgan fingerprint density at radius 3 is 2.21 bits per heavy atom. The molecule has 2 rings (SSSR count). The molecule has 1 fully saturated rings. The van der Waals surface area contributed by atoms with Gasteiger partial charge in [-0.1, -0.05) is 26.0 Å². The van der Waals surface area contributed by atoms with Gasteiger partial charge in [-0.3, -0.25) is 4.79 Å². The quantitative estimate of drug-likeness (QED) is 0.870. The predicted octanol–water partition coefficient (Wildman–Crippen LogP) is 3.31. The predicted molar refractivity (Wildman–Crippen MR) is 82.0 cm³/mol. The van der Waals surface area contributed by atoms with Crippen molar-refractivity contribution in [1.29, 1.82) is 0 Å². The molecular formula is C15H23ClN2O. The van der Waals surface area contributed by atoms with Crippen LogP contribution in [0.25, 0.3) is 0 Å². The molecule has 3 nitrogen and oxygen atoms in total. The minimum Gasteiger partial charge on any atom is -0.325 e. The first-order valence-corrected chi connectivity index (χ1v) is 6.73. The van der Waals surface area contributed by atoms with Crippen molar-refractivity contribution in [2.24, 2.45) is 0 Å². The normalized spacial score (nSPS) is 15.8. The Morgan fingerprint density at radius 1 is 1.16 bits per heavy atom. The van der Waals surface area contributed by atoms with E-state index in [4.69, 9.17) is 0 Å². The maximum absolute atomic E-state index is 11.9. The molecule has 19 heavy (non-hydrogen) atoms. The zero-order valence-electron chi connectivity index (χ0n) is 11.8. The third kappa shape index (κ3) is 4.84. The Bertz CT molecular complexity index is 413. The van der Waals surface area contributed by atoms with Crippen molar-refractivity contribution in [2.45, 2.75) is 51.6 Å². The summed E-state index contributed by atoms with van der Waals surface area (Å²) >= 11 is 0. The monoisotopic (exact) mass is 282 g/mol. The van der Waals surface area contributed by atoms with Crippen LogP contribution in [0.1, 0.15) is 45.1 Å². The molecule has 0 radical (unpaired) electrons. The first-order chi connectivity index (χ1) is 8.56. The second-order valence-electron chi connectivity index (χ2n) is 5.43. The van der Waals surface area contributed by atoms with Gasteiger partial charge >= 0.3 is 0 Å². The Kier molecular flexibility index (Phi) is 5.83. The fourth-order valence-corrected chi connectivity index (χ4v) is 1.88. The van der Waals surface area contributed by atoms with Crippen LogP contribution in [0.15, 0.2) is 24.3 Å². The molecule has 1 aliphatic carbocycles. The van der Waals surface area contributed by atoms with E-state index >= 15 is 0 Å². The lowest BCUT2D eigenvalue weighted by molar-refractivity contribution is -0.117. The highest BCUT2D eigenvalue weighted by atomic mass is 35.5. The Labute approximate surface area is 121 Å². The van der Waals surface area contributed by atoms with E-state index in [2.05, 4.69) is 36.6 Å². The van der Waals surface area contributed by atoms with E-state index in [-0.39, 0.29) is 24.4 Å². The van der Waals surface area contributed by atoms with Crippen molar-refractivity contribution in [3.63, 3.8) is 0 Å². The van der Waals surface area contributed by atoms with E-state index in [1.165, 1.54) is 18.4 Å². The second kappa shape index (κ2) is 6.92. The van der Waals surface area contributed by atoms with E-state index < -0.39 is 0 Å². The fourth-order valence-electron chi connectivity index (χ4n) is 1.88. The Balaban J connectivity index is 0.00000180. The molecule has 106 valence electrons. The van der Waals surface area contributed by atoms with E-state index in [1.54, 1.807) is 0 Å². The van der Waals surface area contributed by atoms with Crippen LogP contribution < -0.4 is 10.6 Å². The van der Waals surface area contributed by atoms with Crippen molar-refractivity contribution >= 4 is 24.0 Å².